The molecule has 1 heterocycles. The minimum Gasteiger partial charge on any atom is -0.368 e. The van der Waals surface area contributed by atoms with Crippen molar-refractivity contribution < 1.29 is 9.59 Å². The van der Waals surface area contributed by atoms with E-state index in [0.29, 0.717) is 11.6 Å². The highest BCUT2D eigenvalue weighted by atomic mass is 79.9. The van der Waals surface area contributed by atoms with E-state index >= 15 is 0 Å². The third-order valence-corrected chi connectivity index (χ3v) is 3.14. The van der Waals surface area contributed by atoms with Crippen LogP contribution in [0.4, 0.5) is 0 Å². The van der Waals surface area contributed by atoms with Crippen LogP contribution in [0.25, 0.3) is 0 Å². The second-order valence-corrected chi connectivity index (χ2v) is 3.98. The summed E-state index contributed by atoms with van der Waals surface area (Å²) in [4.78, 5) is 23.5. The first-order valence-electron chi connectivity index (χ1n) is 3.39. The van der Waals surface area contributed by atoms with E-state index in [-0.39, 0.29) is 11.2 Å². The molecule has 2 amide bonds. The van der Waals surface area contributed by atoms with Crippen molar-refractivity contribution in [3.63, 3.8) is 0 Å². The largest absolute Gasteiger partial charge is 0.368 e. The molecule has 2 N–H and O–H groups in total. The summed E-state index contributed by atoms with van der Waals surface area (Å²) >= 11 is 4.59. The smallest absolute Gasteiger partial charge is 0.241 e. The topological polar surface area (TPSA) is 63.4 Å². The molecule has 1 aliphatic heterocycles. The van der Waals surface area contributed by atoms with Gasteiger partial charge in [0, 0.05) is 5.75 Å². The SMILES string of the molecule is NC(=O)[C@@H]1CSCN1C(=O)CBr. The van der Waals surface area contributed by atoms with E-state index in [9.17, 15) is 9.59 Å². The fourth-order valence-corrected chi connectivity index (χ4v) is 2.52. The van der Waals surface area contributed by atoms with E-state index in [0.717, 1.165) is 0 Å². The van der Waals surface area contributed by atoms with Crippen molar-refractivity contribution in [2.45, 2.75) is 6.04 Å². The fourth-order valence-electron chi connectivity index (χ4n) is 1.00. The molecule has 0 saturated carbocycles. The van der Waals surface area contributed by atoms with E-state index in [1.54, 1.807) is 11.8 Å². The van der Waals surface area contributed by atoms with Gasteiger partial charge in [0.25, 0.3) is 0 Å². The predicted molar refractivity (Wildman–Crippen MR) is 50.9 cm³/mol. The summed E-state index contributed by atoms with van der Waals surface area (Å²) in [6, 6.07) is -0.417. The summed E-state index contributed by atoms with van der Waals surface area (Å²) in [7, 11) is 0. The molecule has 6 heteroatoms. The number of carbonyl (C=O) groups excluding carboxylic acids is 2. The van der Waals surface area contributed by atoms with Gasteiger partial charge in [0.15, 0.2) is 0 Å². The Morgan fingerprint density at radius 3 is 2.83 bits per heavy atom. The van der Waals surface area contributed by atoms with Gasteiger partial charge in [-0.15, -0.1) is 11.8 Å². The Bertz CT molecular complexity index is 212. The van der Waals surface area contributed by atoms with Gasteiger partial charge in [0.05, 0.1) is 11.2 Å². The molecule has 0 aromatic heterocycles. The van der Waals surface area contributed by atoms with E-state index in [1.165, 1.54) is 4.90 Å². The van der Waals surface area contributed by atoms with Crippen LogP contribution in [-0.4, -0.2) is 39.7 Å². The molecule has 0 spiro atoms. The van der Waals surface area contributed by atoms with Crippen LogP contribution in [0.1, 0.15) is 0 Å². The first-order valence-corrected chi connectivity index (χ1v) is 5.67. The Labute approximate surface area is 83.0 Å². The molecule has 0 bridgehead atoms. The number of carbonyl (C=O) groups is 2. The summed E-state index contributed by atoms with van der Waals surface area (Å²) in [6.07, 6.45) is 0. The highest BCUT2D eigenvalue weighted by Gasteiger charge is 2.32. The van der Waals surface area contributed by atoms with Gasteiger partial charge < -0.3 is 10.6 Å². The fraction of sp³-hybridized carbons (Fsp3) is 0.667. The summed E-state index contributed by atoms with van der Waals surface area (Å²) < 4.78 is 0. The van der Waals surface area contributed by atoms with Gasteiger partial charge in [-0.25, -0.2) is 0 Å². The standard InChI is InChI=1S/C6H9BrN2O2S/c7-1-5(10)9-3-12-2-4(9)6(8)11/h4H,1-3H2,(H2,8,11)/t4-/m0/s1. The molecular formula is C6H9BrN2O2S. The van der Waals surface area contributed by atoms with Crippen molar-refractivity contribution in [1.29, 1.82) is 0 Å². The minimum atomic E-state index is -0.422. The van der Waals surface area contributed by atoms with Crippen molar-refractivity contribution in [2.24, 2.45) is 5.73 Å². The van der Waals surface area contributed by atoms with Crippen LogP contribution in [-0.2, 0) is 9.59 Å². The number of nitrogens with two attached hydrogens (primary N) is 1. The van der Waals surface area contributed by atoms with Crippen LogP contribution < -0.4 is 5.73 Å². The molecule has 0 aromatic rings. The zero-order valence-electron chi connectivity index (χ0n) is 6.33. The van der Waals surface area contributed by atoms with Crippen LogP contribution >= 0.6 is 27.7 Å². The minimum absolute atomic E-state index is 0.0798. The maximum atomic E-state index is 11.2. The third kappa shape index (κ3) is 1.92. The Morgan fingerprint density at radius 2 is 2.33 bits per heavy atom. The lowest BCUT2D eigenvalue weighted by Gasteiger charge is -2.19. The van der Waals surface area contributed by atoms with Gasteiger partial charge in [-0.3, -0.25) is 9.59 Å². The zero-order chi connectivity index (χ0) is 9.14. The van der Waals surface area contributed by atoms with Gasteiger partial charge >= 0.3 is 0 Å². The summed E-state index contributed by atoms with van der Waals surface area (Å²) in [6.45, 7) is 0. The average molecular weight is 253 g/mol. The van der Waals surface area contributed by atoms with E-state index in [2.05, 4.69) is 15.9 Å². The highest BCUT2D eigenvalue weighted by Crippen LogP contribution is 2.20. The van der Waals surface area contributed by atoms with Crippen molar-refractivity contribution in [1.82, 2.24) is 4.90 Å². The van der Waals surface area contributed by atoms with Gasteiger partial charge in [-0.2, -0.15) is 0 Å². The van der Waals surface area contributed by atoms with Gasteiger partial charge in [0.2, 0.25) is 11.8 Å². The van der Waals surface area contributed by atoms with Gasteiger partial charge in [-0.1, -0.05) is 15.9 Å². The molecule has 1 saturated heterocycles. The van der Waals surface area contributed by atoms with E-state index < -0.39 is 11.9 Å². The normalized spacial score (nSPS) is 22.8. The number of primary amides is 1. The molecular weight excluding hydrogens is 244 g/mol. The lowest BCUT2D eigenvalue weighted by Crippen LogP contribution is -2.45. The van der Waals surface area contributed by atoms with E-state index in [4.69, 9.17) is 5.73 Å². The Morgan fingerprint density at radius 1 is 1.67 bits per heavy atom. The van der Waals surface area contributed by atoms with Crippen LogP contribution in [0, 0.1) is 0 Å². The van der Waals surface area contributed by atoms with Gasteiger partial charge in [0.1, 0.15) is 6.04 Å². The summed E-state index contributed by atoms with van der Waals surface area (Å²) in [5.41, 5.74) is 5.12. The van der Waals surface area contributed by atoms with Gasteiger partial charge in [-0.05, 0) is 0 Å². The number of hydrogen-bond donors (Lipinski definition) is 1. The van der Waals surface area contributed by atoms with Crippen molar-refractivity contribution in [3.8, 4) is 0 Å². The van der Waals surface area contributed by atoms with Crippen molar-refractivity contribution in [3.05, 3.63) is 0 Å². The first kappa shape index (κ1) is 9.85. The number of nitrogens with zero attached hydrogens (tertiary/aromatic N) is 1. The Hall–Kier alpha value is -0.230. The number of thioether (sulfide) groups is 1. The third-order valence-electron chi connectivity index (χ3n) is 1.65. The van der Waals surface area contributed by atoms with Crippen molar-refractivity contribution >= 4 is 39.5 Å². The Kier molecular flexibility index (Phi) is 3.39. The van der Waals surface area contributed by atoms with Crippen LogP contribution in [0.15, 0.2) is 0 Å². The molecule has 0 aliphatic carbocycles. The van der Waals surface area contributed by atoms with Crippen LogP contribution in [0.3, 0.4) is 0 Å². The molecule has 0 aromatic carbocycles. The summed E-state index contributed by atoms with van der Waals surface area (Å²) in [5.74, 6) is 0.685. The highest BCUT2D eigenvalue weighted by molar-refractivity contribution is 9.09. The molecule has 1 rings (SSSR count). The first-order chi connectivity index (χ1) is 5.66. The maximum Gasteiger partial charge on any atom is 0.241 e. The lowest BCUT2D eigenvalue weighted by atomic mass is 10.3. The molecule has 68 valence electrons. The van der Waals surface area contributed by atoms with E-state index in [1.807, 2.05) is 0 Å². The quantitative estimate of drug-likeness (QED) is 0.691. The molecule has 0 unspecified atom stereocenters. The second-order valence-electron chi connectivity index (χ2n) is 2.42. The Balaban J connectivity index is 2.63. The maximum absolute atomic E-state index is 11.2. The molecule has 12 heavy (non-hydrogen) atoms. The average Bonchev–Trinajstić information content (AvgIpc) is 2.50. The van der Waals surface area contributed by atoms with Crippen molar-refractivity contribution in [2.75, 3.05) is 17.0 Å². The molecule has 0 radical (unpaired) electrons. The summed E-state index contributed by atoms with van der Waals surface area (Å²) in [5, 5.41) is 0.247. The monoisotopic (exact) mass is 252 g/mol. The number of hydrogen-bond acceptors (Lipinski definition) is 3. The van der Waals surface area contributed by atoms with Crippen LogP contribution in [0.5, 0.6) is 0 Å². The molecule has 1 atom stereocenters. The molecule has 4 nitrogen and oxygen atoms in total. The van der Waals surface area contributed by atoms with Crippen LogP contribution in [0.2, 0.25) is 0 Å². The molecule has 1 aliphatic rings. The second kappa shape index (κ2) is 4.13. The number of halogens is 1. The number of alkyl halides is 1. The number of amides is 2. The number of rotatable bonds is 2. The lowest BCUT2D eigenvalue weighted by molar-refractivity contribution is -0.134. The molecule has 1 fully saturated rings. The zero-order valence-corrected chi connectivity index (χ0v) is 8.73. The predicted octanol–water partition coefficient (Wildman–Crippen LogP) is -0.232.